The number of rotatable bonds is 1. The van der Waals surface area contributed by atoms with Crippen molar-refractivity contribution in [2.24, 2.45) is 0 Å². The molecule has 3 aromatic rings. The van der Waals surface area contributed by atoms with Crippen molar-refractivity contribution in [3.05, 3.63) is 70.6 Å². The molecule has 0 N–H and O–H groups in total. The summed E-state index contributed by atoms with van der Waals surface area (Å²) in [6.45, 7) is 0. The Labute approximate surface area is 123 Å². The second kappa shape index (κ2) is 4.64. The number of hydrogen-bond acceptors (Lipinski definition) is 1. The largest absolute Gasteiger partial charge is 0.303 e. The van der Waals surface area contributed by atoms with Gasteiger partial charge in [-0.1, -0.05) is 41.9 Å². The summed E-state index contributed by atoms with van der Waals surface area (Å²) in [5.41, 5.74) is 4.85. The van der Waals surface area contributed by atoms with Gasteiger partial charge in [0.2, 0.25) is 0 Å². The second-order valence-corrected chi connectivity index (χ2v) is 5.81. The van der Waals surface area contributed by atoms with Gasteiger partial charge in [-0.3, -0.25) is 0 Å². The average molecular weight is 283 g/mol. The van der Waals surface area contributed by atoms with E-state index in [1.165, 1.54) is 23.4 Å². The summed E-state index contributed by atoms with van der Waals surface area (Å²) >= 11 is 6.25. The predicted octanol–water partition coefficient (Wildman–Crippen LogP) is 4.26. The maximum absolute atomic E-state index is 6.25. The summed E-state index contributed by atoms with van der Waals surface area (Å²) in [5.74, 6) is 0.576. The standard InChI is InChI=1S/C17H15ClN2/c18-14-7-4-10-20-16-9-8-13(11-15(16)19-17(14)20)12-5-2-1-3-6-12/h1-7,10,13H,8-9,11H2. The lowest BCUT2D eigenvalue weighted by Gasteiger charge is -2.22. The zero-order valence-electron chi connectivity index (χ0n) is 11.1. The number of pyridine rings is 1. The van der Waals surface area contributed by atoms with E-state index in [4.69, 9.17) is 16.6 Å². The van der Waals surface area contributed by atoms with Gasteiger partial charge >= 0.3 is 0 Å². The first-order chi connectivity index (χ1) is 9.83. The molecule has 20 heavy (non-hydrogen) atoms. The molecule has 2 nitrogen and oxygen atoms in total. The molecule has 0 spiro atoms. The van der Waals surface area contributed by atoms with Crippen molar-refractivity contribution in [3.8, 4) is 0 Å². The Morgan fingerprint density at radius 1 is 1.10 bits per heavy atom. The van der Waals surface area contributed by atoms with Crippen LogP contribution in [0.5, 0.6) is 0 Å². The van der Waals surface area contributed by atoms with Gasteiger partial charge in [0.1, 0.15) is 0 Å². The molecule has 3 heteroatoms. The molecule has 0 fully saturated rings. The molecule has 0 bridgehead atoms. The molecule has 1 aliphatic rings. The Balaban J connectivity index is 1.77. The molecule has 4 rings (SSSR count). The quantitative estimate of drug-likeness (QED) is 0.652. The number of benzene rings is 1. The lowest BCUT2D eigenvalue weighted by Crippen LogP contribution is -2.13. The van der Waals surface area contributed by atoms with Crippen LogP contribution in [0.2, 0.25) is 5.02 Å². The van der Waals surface area contributed by atoms with Gasteiger partial charge in [-0.2, -0.15) is 0 Å². The molecule has 1 atom stereocenters. The Hall–Kier alpha value is -1.80. The molecule has 0 radical (unpaired) electrons. The van der Waals surface area contributed by atoms with Gasteiger partial charge in [-0.15, -0.1) is 0 Å². The first-order valence-electron chi connectivity index (χ1n) is 7.02. The van der Waals surface area contributed by atoms with Crippen LogP contribution in [0.15, 0.2) is 48.7 Å². The van der Waals surface area contributed by atoms with E-state index in [9.17, 15) is 0 Å². The highest BCUT2D eigenvalue weighted by Gasteiger charge is 2.24. The van der Waals surface area contributed by atoms with Gasteiger partial charge < -0.3 is 4.40 Å². The number of nitrogens with zero attached hydrogens (tertiary/aromatic N) is 2. The van der Waals surface area contributed by atoms with E-state index < -0.39 is 0 Å². The van der Waals surface area contributed by atoms with E-state index in [-0.39, 0.29) is 0 Å². The van der Waals surface area contributed by atoms with Crippen molar-refractivity contribution in [2.75, 3.05) is 0 Å². The Kier molecular flexibility index (Phi) is 2.78. The van der Waals surface area contributed by atoms with Crippen molar-refractivity contribution in [1.29, 1.82) is 0 Å². The molecule has 2 heterocycles. The van der Waals surface area contributed by atoms with Crippen LogP contribution in [-0.4, -0.2) is 9.38 Å². The highest BCUT2D eigenvalue weighted by atomic mass is 35.5. The molecule has 1 aliphatic carbocycles. The first-order valence-corrected chi connectivity index (χ1v) is 7.40. The zero-order chi connectivity index (χ0) is 13.5. The molecular weight excluding hydrogens is 268 g/mol. The van der Waals surface area contributed by atoms with Gasteiger partial charge in [0.05, 0.1) is 10.7 Å². The monoisotopic (exact) mass is 282 g/mol. The van der Waals surface area contributed by atoms with Crippen molar-refractivity contribution in [3.63, 3.8) is 0 Å². The number of halogens is 1. The van der Waals surface area contributed by atoms with Crippen LogP contribution >= 0.6 is 11.6 Å². The fourth-order valence-corrected chi connectivity index (χ4v) is 3.42. The van der Waals surface area contributed by atoms with Crippen LogP contribution in [0.4, 0.5) is 0 Å². The normalized spacial score (nSPS) is 18.1. The topological polar surface area (TPSA) is 17.3 Å². The van der Waals surface area contributed by atoms with Crippen LogP contribution < -0.4 is 0 Å². The summed E-state index contributed by atoms with van der Waals surface area (Å²) in [6.07, 6.45) is 5.32. The van der Waals surface area contributed by atoms with E-state index in [2.05, 4.69) is 40.9 Å². The van der Waals surface area contributed by atoms with E-state index in [0.29, 0.717) is 5.92 Å². The van der Waals surface area contributed by atoms with Gasteiger partial charge in [-0.05, 0) is 42.9 Å². The van der Waals surface area contributed by atoms with Crippen LogP contribution in [-0.2, 0) is 12.8 Å². The number of fused-ring (bicyclic) bond motifs is 3. The van der Waals surface area contributed by atoms with Crippen LogP contribution in [0.1, 0.15) is 29.3 Å². The van der Waals surface area contributed by atoms with Crippen LogP contribution in [0.25, 0.3) is 5.65 Å². The Bertz CT molecular complexity index is 761. The lowest BCUT2D eigenvalue weighted by molar-refractivity contribution is 0.568. The number of hydrogen-bond donors (Lipinski definition) is 0. The van der Waals surface area contributed by atoms with Crippen LogP contribution in [0.3, 0.4) is 0 Å². The zero-order valence-corrected chi connectivity index (χ0v) is 11.8. The molecule has 0 saturated heterocycles. The summed E-state index contributed by atoms with van der Waals surface area (Å²) in [5, 5.41) is 0.734. The van der Waals surface area contributed by atoms with Crippen molar-refractivity contribution in [1.82, 2.24) is 9.38 Å². The summed E-state index contributed by atoms with van der Waals surface area (Å²) in [6, 6.07) is 14.6. The van der Waals surface area contributed by atoms with Gasteiger partial charge in [0.25, 0.3) is 0 Å². The number of aromatic nitrogens is 2. The molecule has 0 aliphatic heterocycles. The van der Waals surface area contributed by atoms with E-state index in [1.807, 2.05) is 12.1 Å². The van der Waals surface area contributed by atoms with Crippen molar-refractivity contribution in [2.45, 2.75) is 25.2 Å². The van der Waals surface area contributed by atoms with Gasteiger partial charge in [0.15, 0.2) is 5.65 Å². The molecule has 100 valence electrons. The fraction of sp³-hybridized carbons (Fsp3) is 0.235. The SMILES string of the molecule is Clc1cccn2c3c(nc12)CC(c1ccccc1)CC3. The third-order valence-electron chi connectivity index (χ3n) is 4.22. The highest BCUT2D eigenvalue weighted by molar-refractivity contribution is 6.33. The molecular formula is C17H15ClN2. The Morgan fingerprint density at radius 2 is 1.95 bits per heavy atom. The van der Waals surface area contributed by atoms with Crippen LogP contribution in [0, 0.1) is 0 Å². The van der Waals surface area contributed by atoms with Gasteiger partial charge in [0, 0.05) is 11.9 Å². The predicted molar refractivity (Wildman–Crippen MR) is 81.4 cm³/mol. The van der Waals surface area contributed by atoms with E-state index >= 15 is 0 Å². The van der Waals surface area contributed by atoms with Gasteiger partial charge in [-0.25, -0.2) is 4.98 Å². The summed E-state index contributed by atoms with van der Waals surface area (Å²) < 4.78 is 2.15. The maximum atomic E-state index is 6.25. The number of aryl methyl sites for hydroxylation is 1. The average Bonchev–Trinajstić information content (AvgIpc) is 2.87. The summed E-state index contributed by atoms with van der Waals surface area (Å²) in [4.78, 5) is 4.76. The minimum absolute atomic E-state index is 0.576. The maximum Gasteiger partial charge on any atom is 0.156 e. The van der Waals surface area contributed by atoms with Crippen molar-refractivity contribution >= 4 is 17.2 Å². The van der Waals surface area contributed by atoms with E-state index in [0.717, 1.165) is 23.5 Å². The lowest BCUT2D eigenvalue weighted by atomic mass is 9.84. The minimum atomic E-state index is 0.576. The van der Waals surface area contributed by atoms with Crippen molar-refractivity contribution < 1.29 is 0 Å². The second-order valence-electron chi connectivity index (χ2n) is 5.41. The summed E-state index contributed by atoms with van der Waals surface area (Å²) in [7, 11) is 0. The van der Waals surface area contributed by atoms with E-state index in [1.54, 1.807) is 0 Å². The minimum Gasteiger partial charge on any atom is -0.303 e. The molecule has 0 saturated carbocycles. The third kappa shape index (κ3) is 1.83. The molecule has 2 aromatic heterocycles. The third-order valence-corrected chi connectivity index (χ3v) is 4.52. The Morgan fingerprint density at radius 3 is 2.80 bits per heavy atom. The molecule has 1 unspecified atom stereocenters. The first kappa shape index (κ1) is 12.0. The highest BCUT2D eigenvalue weighted by Crippen LogP contribution is 2.33. The number of imidazole rings is 1. The fourth-order valence-electron chi connectivity index (χ4n) is 3.21. The smallest absolute Gasteiger partial charge is 0.156 e. The molecule has 1 aromatic carbocycles. The molecule has 0 amide bonds.